The van der Waals surface area contributed by atoms with Gasteiger partial charge in [0.2, 0.25) is 0 Å². The standard InChI is InChI=1S/C25H33NO3/c1-5-29-25(13-9-10-18(2)16-25)24(27)26-22-14-19(3)23(20(4)15-22)28-17-21-11-7-6-8-12-21/h6-8,11-12,14-15,18H,5,9-10,13,16-17H2,1-4H3,(H,26,27)/t18-,25+/m1/s1. The molecular weight excluding hydrogens is 362 g/mol. The van der Waals surface area contributed by atoms with Crippen LogP contribution in [0, 0.1) is 19.8 Å². The molecule has 2 aromatic carbocycles. The van der Waals surface area contributed by atoms with Gasteiger partial charge in [0.25, 0.3) is 5.91 Å². The maximum absolute atomic E-state index is 13.2. The lowest BCUT2D eigenvalue weighted by Crippen LogP contribution is -2.48. The molecule has 1 aliphatic rings. The summed E-state index contributed by atoms with van der Waals surface area (Å²) < 4.78 is 12.1. The predicted octanol–water partition coefficient (Wildman–Crippen LogP) is 5.81. The Morgan fingerprint density at radius 1 is 1.17 bits per heavy atom. The molecule has 1 fully saturated rings. The van der Waals surface area contributed by atoms with E-state index in [-0.39, 0.29) is 5.91 Å². The van der Waals surface area contributed by atoms with Gasteiger partial charge in [-0.3, -0.25) is 4.79 Å². The molecule has 1 amide bonds. The molecule has 4 nitrogen and oxygen atoms in total. The number of carbonyl (C=O) groups excluding carboxylic acids is 1. The first-order valence-corrected chi connectivity index (χ1v) is 10.7. The Labute approximate surface area is 174 Å². The Balaban J connectivity index is 1.73. The highest BCUT2D eigenvalue weighted by Crippen LogP contribution is 2.37. The maximum atomic E-state index is 13.2. The molecule has 156 valence electrons. The number of nitrogens with one attached hydrogen (secondary N) is 1. The Morgan fingerprint density at radius 2 is 1.86 bits per heavy atom. The fourth-order valence-corrected chi connectivity index (χ4v) is 4.41. The van der Waals surface area contributed by atoms with Gasteiger partial charge in [-0.15, -0.1) is 0 Å². The number of hydrogen-bond donors (Lipinski definition) is 1. The van der Waals surface area contributed by atoms with E-state index in [2.05, 4.69) is 24.4 Å². The van der Waals surface area contributed by atoms with Crippen molar-refractivity contribution in [1.82, 2.24) is 0 Å². The summed E-state index contributed by atoms with van der Waals surface area (Å²) in [6.07, 6.45) is 3.75. The highest BCUT2D eigenvalue weighted by atomic mass is 16.5. The molecule has 2 atom stereocenters. The summed E-state index contributed by atoms with van der Waals surface area (Å²) in [6.45, 7) is 9.27. The van der Waals surface area contributed by atoms with Crippen LogP contribution in [0.2, 0.25) is 0 Å². The van der Waals surface area contributed by atoms with Crippen LogP contribution in [0.3, 0.4) is 0 Å². The Kier molecular flexibility index (Phi) is 6.96. The van der Waals surface area contributed by atoms with Gasteiger partial charge in [-0.05, 0) is 74.8 Å². The third kappa shape index (κ3) is 5.18. The van der Waals surface area contributed by atoms with Crippen LogP contribution in [0.4, 0.5) is 5.69 Å². The van der Waals surface area contributed by atoms with Gasteiger partial charge in [0.15, 0.2) is 0 Å². The lowest BCUT2D eigenvalue weighted by molar-refractivity contribution is -0.147. The minimum Gasteiger partial charge on any atom is -0.488 e. The summed E-state index contributed by atoms with van der Waals surface area (Å²) in [5.74, 6) is 1.35. The largest absolute Gasteiger partial charge is 0.488 e. The zero-order valence-corrected chi connectivity index (χ0v) is 18.1. The van der Waals surface area contributed by atoms with Crippen molar-refractivity contribution in [3.8, 4) is 5.75 Å². The fourth-order valence-electron chi connectivity index (χ4n) is 4.41. The second kappa shape index (κ2) is 9.45. The van der Waals surface area contributed by atoms with Crippen LogP contribution in [0.1, 0.15) is 56.2 Å². The third-order valence-corrected chi connectivity index (χ3v) is 5.73. The predicted molar refractivity (Wildman–Crippen MR) is 117 cm³/mol. The van der Waals surface area contributed by atoms with E-state index in [4.69, 9.17) is 9.47 Å². The molecular formula is C25H33NO3. The van der Waals surface area contributed by atoms with Crippen molar-refractivity contribution in [2.24, 2.45) is 5.92 Å². The van der Waals surface area contributed by atoms with Crippen LogP contribution in [0.15, 0.2) is 42.5 Å². The first-order chi connectivity index (χ1) is 13.9. The third-order valence-electron chi connectivity index (χ3n) is 5.73. The van der Waals surface area contributed by atoms with E-state index in [9.17, 15) is 4.79 Å². The summed E-state index contributed by atoms with van der Waals surface area (Å²) in [7, 11) is 0. The zero-order chi connectivity index (χ0) is 20.9. The van der Waals surface area contributed by atoms with Gasteiger partial charge in [0.1, 0.15) is 18.0 Å². The smallest absolute Gasteiger partial charge is 0.256 e. The second-order valence-corrected chi connectivity index (χ2v) is 8.30. The first-order valence-electron chi connectivity index (χ1n) is 10.7. The first kappa shape index (κ1) is 21.4. The quantitative estimate of drug-likeness (QED) is 0.644. The number of anilines is 1. The number of hydrogen-bond acceptors (Lipinski definition) is 3. The van der Waals surface area contributed by atoms with Crippen molar-refractivity contribution in [3.05, 3.63) is 59.2 Å². The highest BCUT2D eigenvalue weighted by molar-refractivity contribution is 5.97. The molecule has 2 aromatic rings. The van der Waals surface area contributed by atoms with Crippen molar-refractivity contribution >= 4 is 11.6 Å². The van der Waals surface area contributed by atoms with Crippen molar-refractivity contribution in [1.29, 1.82) is 0 Å². The van der Waals surface area contributed by atoms with E-state index >= 15 is 0 Å². The molecule has 0 spiro atoms. The minimum absolute atomic E-state index is 0.0253. The normalized spacial score (nSPS) is 21.6. The molecule has 0 unspecified atom stereocenters. The van der Waals surface area contributed by atoms with E-state index in [1.54, 1.807) is 0 Å². The SMILES string of the molecule is CCO[C@@]1(C(=O)Nc2cc(C)c(OCc3ccccc3)c(C)c2)CCC[C@@H](C)C1. The molecule has 0 radical (unpaired) electrons. The number of ether oxygens (including phenoxy) is 2. The molecule has 0 aliphatic heterocycles. The van der Waals surface area contributed by atoms with Gasteiger partial charge >= 0.3 is 0 Å². The van der Waals surface area contributed by atoms with Gasteiger partial charge in [0, 0.05) is 12.3 Å². The molecule has 1 N–H and O–H groups in total. The van der Waals surface area contributed by atoms with E-state index in [0.717, 1.165) is 53.8 Å². The van der Waals surface area contributed by atoms with Gasteiger partial charge in [0.05, 0.1) is 0 Å². The van der Waals surface area contributed by atoms with Crippen molar-refractivity contribution in [2.45, 2.75) is 65.6 Å². The van der Waals surface area contributed by atoms with Crippen LogP contribution >= 0.6 is 0 Å². The minimum atomic E-state index is -0.712. The van der Waals surface area contributed by atoms with Crippen LogP contribution in [-0.4, -0.2) is 18.1 Å². The molecule has 0 heterocycles. The summed E-state index contributed by atoms with van der Waals surface area (Å²) in [5.41, 5.74) is 3.25. The van der Waals surface area contributed by atoms with E-state index in [1.165, 1.54) is 0 Å². The molecule has 0 aromatic heterocycles. The number of benzene rings is 2. The van der Waals surface area contributed by atoms with Crippen LogP contribution in [0.5, 0.6) is 5.75 Å². The Hall–Kier alpha value is -2.33. The van der Waals surface area contributed by atoms with Gasteiger partial charge < -0.3 is 14.8 Å². The number of aryl methyl sites for hydroxylation is 2. The van der Waals surface area contributed by atoms with E-state index in [0.29, 0.717) is 19.1 Å². The Bertz CT molecular complexity index is 806. The van der Waals surface area contributed by atoms with E-state index < -0.39 is 5.60 Å². The molecule has 0 saturated heterocycles. The molecule has 4 heteroatoms. The molecule has 3 rings (SSSR count). The van der Waals surface area contributed by atoms with E-state index in [1.807, 2.05) is 51.1 Å². The topological polar surface area (TPSA) is 47.6 Å². The zero-order valence-electron chi connectivity index (χ0n) is 18.1. The van der Waals surface area contributed by atoms with Crippen LogP contribution in [0.25, 0.3) is 0 Å². The van der Waals surface area contributed by atoms with Gasteiger partial charge in [-0.1, -0.05) is 43.7 Å². The van der Waals surface area contributed by atoms with Crippen LogP contribution < -0.4 is 10.1 Å². The maximum Gasteiger partial charge on any atom is 0.256 e. The average molecular weight is 396 g/mol. The van der Waals surface area contributed by atoms with Crippen molar-refractivity contribution in [3.63, 3.8) is 0 Å². The summed E-state index contributed by atoms with van der Waals surface area (Å²) in [6, 6.07) is 14.1. The van der Waals surface area contributed by atoms with Crippen molar-refractivity contribution in [2.75, 3.05) is 11.9 Å². The lowest BCUT2D eigenvalue weighted by Gasteiger charge is -2.38. The van der Waals surface area contributed by atoms with Gasteiger partial charge in [-0.2, -0.15) is 0 Å². The number of carbonyl (C=O) groups is 1. The summed E-state index contributed by atoms with van der Waals surface area (Å²) >= 11 is 0. The highest BCUT2D eigenvalue weighted by Gasteiger charge is 2.42. The molecule has 1 saturated carbocycles. The average Bonchev–Trinajstić information content (AvgIpc) is 2.68. The Morgan fingerprint density at radius 3 is 2.48 bits per heavy atom. The molecule has 1 aliphatic carbocycles. The summed E-state index contributed by atoms with van der Waals surface area (Å²) in [4.78, 5) is 13.2. The van der Waals surface area contributed by atoms with Crippen molar-refractivity contribution < 1.29 is 14.3 Å². The van der Waals surface area contributed by atoms with Gasteiger partial charge in [-0.25, -0.2) is 0 Å². The molecule has 29 heavy (non-hydrogen) atoms. The number of rotatable bonds is 7. The second-order valence-electron chi connectivity index (χ2n) is 8.30. The van der Waals surface area contributed by atoms with Crippen LogP contribution in [-0.2, 0) is 16.1 Å². The molecule has 0 bridgehead atoms. The number of amides is 1. The monoisotopic (exact) mass is 395 g/mol. The lowest BCUT2D eigenvalue weighted by atomic mass is 9.78. The summed E-state index contributed by atoms with van der Waals surface area (Å²) in [5, 5.41) is 3.12. The fraction of sp³-hybridized carbons (Fsp3) is 0.480.